The van der Waals surface area contributed by atoms with Crippen LogP contribution in [0.25, 0.3) is 11.0 Å². The van der Waals surface area contributed by atoms with Crippen molar-refractivity contribution in [2.45, 2.75) is 65.5 Å². The fraction of sp³-hybridized carbons (Fsp3) is 0.550. The van der Waals surface area contributed by atoms with Gasteiger partial charge in [-0.05, 0) is 56.3 Å². The fourth-order valence-corrected chi connectivity index (χ4v) is 3.92. The summed E-state index contributed by atoms with van der Waals surface area (Å²) >= 11 is 0. The second-order valence-electron chi connectivity index (χ2n) is 6.87. The second kappa shape index (κ2) is 6.98. The van der Waals surface area contributed by atoms with Gasteiger partial charge in [0.2, 0.25) is 0 Å². The molecule has 1 aliphatic rings. The lowest BCUT2D eigenvalue weighted by atomic mass is 9.96. The zero-order valence-electron chi connectivity index (χ0n) is 14.9. The van der Waals surface area contributed by atoms with Crippen LogP contribution in [0.5, 0.6) is 5.75 Å². The number of benzene rings is 1. The molecule has 2 aromatic rings. The van der Waals surface area contributed by atoms with Crippen LogP contribution >= 0.6 is 0 Å². The van der Waals surface area contributed by atoms with Crippen molar-refractivity contribution < 1.29 is 9.52 Å². The lowest BCUT2D eigenvalue weighted by Crippen LogP contribution is -2.38. The third kappa shape index (κ3) is 3.07. The lowest BCUT2D eigenvalue weighted by molar-refractivity contribution is 0.135. The third-order valence-corrected chi connectivity index (χ3v) is 5.35. The van der Waals surface area contributed by atoms with Crippen molar-refractivity contribution in [1.82, 2.24) is 4.90 Å². The standard InChI is InChI=1S/C20H27NO3/c1-4-14-11-16-13(3)10-18(22)24-20(16)17(19(14)23)12-21-9-7-6-8-15(21)5-2/h10-11,15,23H,4-9,12H2,1-3H3. The molecule has 0 radical (unpaired) electrons. The third-order valence-electron chi connectivity index (χ3n) is 5.35. The Morgan fingerprint density at radius 2 is 2.08 bits per heavy atom. The average molecular weight is 329 g/mol. The Bertz CT molecular complexity index is 794. The summed E-state index contributed by atoms with van der Waals surface area (Å²) < 4.78 is 5.52. The van der Waals surface area contributed by atoms with E-state index in [4.69, 9.17) is 4.42 Å². The molecule has 1 aliphatic heterocycles. The van der Waals surface area contributed by atoms with Gasteiger partial charge in [-0.25, -0.2) is 4.79 Å². The van der Waals surface area contributed by atoms with E-state index < -0.39 is 0 Å². The second-order valence-corrected chi connectivity index (χ2v) is 6.87. The zero-order valence-corrected chi connectivity index (χ0v) is 14.9. The predicted molar refractivity (Wildman–Crippen MR) is 96.6 cm³/mol. The number of aryl methyl sites for hydroxylation is 2. The van der Waals surface area contributed by atoms with Gasteiger partial charge in [-0.2, -0.15) is 0 Å². The Hall–Kier alpha value is -1.81. The minimum atomic E-state index is -0.351. The molecule has 1 saturated heterocycles. The van der Waals surface area contributed by atoms with Crippen LogP contribution in [-0.4, -0.2) is 22.6 Å². The van der Waals surface area contributed by atoms with Crippen molar-refractivity contribution in [3.05, 3.63) is 39.2 Å². The first-order valence-corrected chi connectivity index (χ1v) is 9.07. The summed E-state index contributed by atoms with van der Waals surface area (Å²) in [6.07, 6.45) is 5.52. The number of phenols is 1. The van der Waals surface area contributed by atoms with Gasteiger partial charge in [0.05, 0.1) is 5.56 Å². The molecule has 4 heteroatoms. The summed E-state index contributed by atoms with van der Waals surface area (Å²) in [5.41, 5.74) is 2.79. The Balaban J connectivity index is 2.14. The van der Waals surface area contributed by atoms with Crippen molar-refractivity contribution in [3.8, 4) is 5.75 Å². The Labute approximate surface area is 143 Å². The topological polar surface area (TPSA) is 53.7 Å². The molecule has 2 heterocycles. The molecule has 0 amide bonds. The van der Waals surface area contributed by atoms with Gasteiger partial charge in [-0.1, -0.05) is 20.3 Å². The van der Waals surface area contributed by atoms with E-state index in [0.29, 0.717) is 23.9 Å². The van der Waals surface area contributed by atoms with Gasteiger partial charge in [0, 0.05) is 24.0 Å². The highest BCUT2D eigenvalue weighted by Gasteiger charge is 2.24. The van der Waals surface area contributed by atoms with E-state index in [2.05, 4.69) is 11.8 Å². The van der Waals surface area contributed by atoms with Crippen LogP contribution in [0.4, 0.5) is 0 Å². The summed E-state index contributed by atoms with van der Waals surface area (Å²) in [5, 5.41) is 11.7. The van der Waals surface area contributed by atoms with Gasteiger partial charge in [0.1, 0.15) is 11.3 Å². The number of aromatic hydroxyl groups is 1. The van der Waals surface area contributed by atoms with E-state index in [0.717, 1.165) is 41.5 Å². The first-order valence-electron chi connectivity index (χ1n) is 9.07. The molecule has 4 nitrogen and oxygen atoms in total. The Morgan fingerprint density at radius 3 is 2.79 bits per heavy atom. The minimum Gasteiger partial charge on any atom is -0.507 e. The normalized spacial score (nSPS) is 19.0. The van der Waals surface area contributed by atoms with E-state index in [9.17, 15) is 9.90 Å². The number of nitrogens with zero attached hydrogens (tertiary/aromatic N) is 1. The number of piperidine rings is 1. The molecule has 0 aliphatic carbocycles. The summed E-state index contributed by atoms with van der Waals surface area (Å²) in [7, 11) is 0. The average Bonchev–Trinajstić information content (AvgIpc) is 2.57. The van der Waals surface area contributed by atoms with E-state index in [1.54, 1.807) is 0 Å². The van der Waals surface area contributed by atoms with Crippen LogP contribution in [0.3, 0.4) is 0 Å². The quantitative estimate of drug-likeness (QED) is 0.857. The van der Waals surface area contributed by atoms with Crippen molar-refractivity contribution in [2.24, 2.45) is 0 Å². The van der Waals surface area contributed by atoms with Gasteiger partial charge < -0.3 is 9.52 Å². The van der Waals surface area contributed by atoms with Crippen molar-refractivity contribution in [2.75, 3.05) is 6.54 Å². The van der Waals surface area contributed by atoms with E-state index >= 15 is 0 Å². The summed E-state index contributed by atoms with van der Waals surface area (Å²) in [4.78, 5) is 14.3. The molecule has 130 valence electrons. The first kappa shape index (κ1) is 17.0. The number of hydrogen-bond donors (Lipinski definition) is 1. The molecule has 1 N–H and O–H groups in total. The highest BCUT2D eigenvalue weighted by molar-refractivity contribution is 5.86. The summed E-state index contributed by atoms with van der Waals surface area (Å²) in [6.45, 7) is 7.85. The van der Waals surface area contributed by atoms with Gasteiger partial charge in [0.25, 0.3) is 0 Å². The summed E-state index contributed by atoms with van der Waals surface area (Å²) in [6, 6.07) is 4.02. The molecule has 0 bridgehead atoms. The van der Waals surface area contributed by atoms with Crippen LogP contribution in [0.1, 0.15) is 56.2 Å². The van der Waals surface area contributed by atoms with Gasteiger partial charge in [-0.3, -0.25) is 4.90 Å². The molecule has 1 atom stereocenters. The largest absolute Gasteiger partial charge is 0.507 e. The zero-order chi connectivity index (χ0) is 17.3. The van der Waals surface area contributed by atoms with Gasteiger partial charge in [-0.15, -0.1) is 0 Å². The van der Waals surface area contributed by atoms with E-state index in [1.807, 2.05) is 19.9 Å². The van der Waals surface area contributed by atoms with Crippen LogP contribution < -0.4 is 5.63 Å². The highest BCUT2D eigenvalue weighted by Crippen LogP contribution is 2.35. The molecule has 1 aromatic heterocycles. The Kier molecular flexibility index (Phi) is 4.95. The molecule has 1 aromatic carbocycles. The molecule has 3 rings (SSSR count). The monoisotopic (exact) mass is 329 g/mol. The molecular weight excluding hydrogens is 302 g/mol. The van der Waals surface area contributed by atoms with E-state index in [-0.39, 0.29) is 5.63 Å². The summed E-state index contributed by atoms with van der Waals surface area (Å²) in [5.74, 6) is 0.291. The van der Waals surface area contributed by atoms with E-state index in [1.165, 1.54) is 25.3 Å². The number of hydrogen-bond acceptors (Lipinski definition) is 4. The molecule has 1 unspecified atom stereocenters. The minimum absolute atomic E-state index is 0.291. The predicted octanol–water partition coefficient (Wildman–Crippen LogP) is 4.13. The number of fused-ring (bicyclic) bond motifs is 1. The Morgan fingerprint density at radius 1 is 1.29 bits per heavy atom. The fourth-order valence-electron chi connectivity index (χ4n) is 3.92. The molecule has 24 heavy (non-hydrogen) atoms. The SMILES string of the molecule is CCc1cc2c(C)cc(=O)oc2c(CN2CCCCC2CC)c1O. The maximum atomic E-state index is 11.9. The molecular formula is C20H27NO3. The number of phenolic OH excluding ortho intramolecular Hbond substituents is 1. The number of likely N-dealkylation sites (tertiary alicyclic amines) is 1. The van der Waals surface area contributed by atoms with Gasteiger partial charge >= 0.3 is 5.63 Å². The lowest BCUT2D eigenvalue weighted by Gasteiger charge is -2.35. The number of rotatable bonds is 4. The van der Waals surface area contributed by atoms with Crippen LogP contribution in [0.15, 0.2) is 21.3 Å². The molecule has 1 fully saturated rings. The van der Waals surface area contributed by atoms with Crippen molar-refractivity contribution in [1.29, 1.82) is 0 Å². The maximum absolute atomic E-state index is 11.9. The van der Waals surface area contributed by atoms with Crippen molar-refractivity contribution in [3.63, 3.8) is 0 Å². The molecule has 0 spiro atoms. The van der Waals surface area contributed by atoms with Crippen LogP contribution in [0.2, 0.25) is 0 Å². The first-order chi connectivity index (χ1) is 11.5. The maximum Gasteiger partial charge on any atom is 0.336 e. The van der Waals surface area contributed by atoms with Crippen LogP contribution in [-0.2, 0) is 13.0 Å². The molecule has 0 saturated carbocycles. The van der Waals surface area contributed by atoms with Crippen LogP contribution in [0, 0.1) is 6.92 Å². The smallest absolute Gasteiger partial charge is 0.336 e. The highest BCUT2D eigenvalue weighted by atomic mass is 16.4. The van der Waals surface area contributed by atoms with Gasteiger partial charge in [0.15, 0.2) is 0 Å². The van der Waals surface area contributed by atoms with Crippen molar-refractivity contribution >= 4 is 11.0 Å².